The fourth-order valence-corrected chi connectivity index (χ4v) is 1.22. The molecule has 0 aromatic heterocycles. The fourth-order valence-electron chi connectivity index (χ4n) is 0.886. The minimum absolute atomic E-state index is 0.303. The number of rotatable bonds is 1. The Morgan fingerprint density at radius 1 is 1.20 bits per heavy atom. The van der Waals surface area contributed by atoms with Crippen LogP contribution in [0.1, 0.15) is 0 Å². The predicted octanol–water partition coefficient (Wildman–Crippen LogP) is 1.68. The number of hydrogen-bond acceptors (Lipinski definition) is 2. The van der Waals surface area contributed by atoms with E-state index in [0.29, 0.717) is 15.7 Å². The fraction of sp³-hybridized carbons (Fsp3) is 0.111. The van der Waals surface area contributed by atoms with Gasteiger partial charge in [-0.3, -0.25) is 9.59 Å². The lowest BCUT2D eigenvalue weighted by Gasteiger charge is -2.06. The van der Waals surface area contributed by atoms with Gasteiger partial charge in [-0.05, 0) is 18.2 Å². The molecule has 0 unspecified atom stereocenters. The van der Waals surface area contributed by atoms with Crippen LogP contribution in [0, 0.1) is 0 Å². The zero-order valence-corrected chi connectivity index (χ0v) is 9.32. The van der Waals surface area contributed by atoms with Crippen molar-refractivity contribution in [3.63, 3.8) is 0 Å². The van der Waals surface area contributed by atoms with Gasteiger partial charge in [0.25, 0.3) is 0 Å². The summed E-state index contributed by atoms with van der Waals surface area (Å²) in [5.41, 5.74) is 0.303. The van der Waals surface area contributed by atoms with E-state index in [1.807, 2.05) is 0 Å². The van der Waals surface area contributed by atoms with Crippen molar-refractivity contribution in [3.8, 4) is 0 Å². The average Bonchev–Trinajstić information content (AvgIpc) is 2.22. The van der Waals surface area contributed by atoms with Crippen LogP contribution in [0.5, 0.6) is 0 Å². The third-order valence-corrected chi connectivity index (χ3v) is 2.17. The van der Waals surface area contributed by atoms with Crippen molar-refractivity contribution in [3.05, 3.63) is 28.2 Å². The van der Waals surface area contributed by atoms with Crippen molar-refractivity contribution < 1.29 is 9.59 Å². The molecule has 0 spiro atoms. The Hall–Kier alpha value is -1.26. The van der Waals surface area contributed by atoms with Gasteiger partial charge in [0.1, 0.15) is 0 Å². The van der Waals surface area contributed by atoms with Gasteiger partial charge in [-0.25, -0.2) is 0 Å². The molecule has 0 heterocycles. The largest absolute Gasteiger partial charge is 0.351 e. The van der Waals surface area contributed by atoms with E-state index in [1.54, 1.807) is 6.07 Å². The zero-order chi connectivity index (χ0) is 11.4. The van der Waals surface area contributed by atoms with Crippen molar-refractivity contribution in [2.24, 2.45) is 0 Å². The number of carbonyl (C=O) groups excluding carboxylic acids is 2. The van der Waals surface area contributed by atoms with Crippen molar-refractivity contribution >= 4 is 40.7 Å². The topological polar surface area (TPSA) is 58.2 Å². The molecule has 0 bridgehead atoms. The minimum atomic E-state index is -0.790. The number of anilines is 1. The van der Waals surface area contributed by atoms with Crippen LogP contribution in [0.25, 0.3) is 0 Å². The Labute approximate surface area is 96.6 Å². The van der Waals surface area contributed by atoms with E-state index in [1.165, 1.54) is 19.2 Å². The lowest BCUT2D eigenvalue weighted by atomic mass is 10.3. The summed E-state index contributed by atoms with van der Waals surface area (Å²) in [6, 6.07) is 4.58. The van der Waals surface area contributed by atoms with Crippen LogP contribution >= 0.6 is 23.2 Å². The van der Waals surface area contributed by atoms with E-state index >= 15 is 0 Å². The number of likely N-dealkylation sites (N-methyl/N-ethyl adjacent to an activating group) is 1. The molecule has 2 amide bonds. The molecular weight excluding hydrogens is 239 g/mol. The number of amides is 2. The molecule has 0 aliphatic heterocycles. The minimum Gasteiger partial charge on any atom is -0.351 e. The monoisotopic (exact) mass is 246 g/mol. The maximum absolute atomic E-state index is 11.2. The summed E-state index contributed by atoms with van der Waals surface area (Å²) >= 11 is 11.5. The summed E-state index contributed by atoms with van der Waals surface area (Å²) in [4.78, 5) is 22.1. The van der Waals surface area contributed by atoms with Gasteiger partial charge in [0.05, 0.1) is 10.7 Å². The third-order valence-electron chi connectivity index (χ3n) is 1.61. The predicted molar refractivity (Wildman–Crippen MR) is 59.2 cm³/mol. The Kier molecular flexibility index (Phi) is 3.94. The molecule has 15 heavy (non-hydrogen) atoms. The summed E-state index contributed by atoms with van der Waals surface area (Å²) < 4.78 is 0. The molecule has 0 fully saturated rings. The molecule has 0 aliphatic carbocycles. The molecule has 0 saturated heterocycles. The van der Waals surface area contributed by atoms with Crippen molar-refractivity contribution in [1.82, 2.24) is 5.32 Å². The van der Waals surface area contributed by atoms with Gasteiger partial charge in [-0.1, -0.05) is 23.2 Å². The lowest BCUT2D eigenvalue weighted by molar-refractivity contribution is -0.135. The first-order valence-corrected chi connectivity index (χ1v) is 4.78. The Bertz CT molecular complexity index is 407. The van der Waals surface area contributed by atoms with E-state index < -0.39 is 11.8 Å². The highest BCUT2D eigenvalue weighted by molar-refractivity contribution is 6.42. The molecule has 2 N–H and O–H groups in total. The first-order chi connectivity index (χ1) is 7.04. The number of nitrogens with one attached hydrogen (secondary N) is 2. The van der Waals surface area contributed by atoms with Crippen molar-refractivity contribution in [2.45, 2.75) is 0 Å². The highest BCUT2D eigenvalue weighted by atomic mass is 35.5. The van der Waals surface area contributed by atoms with Gasteiger partial charge in [-0.2, -0.15) is 0 Å². The van der Waals surface area contributed by atoms with Crippen LogP contribution in [0.2, 0.25) is 10.0 Å². The molecule has 6 heteroatoms. The molecule has 1 rings (SSSR count). The quantitative estimate of drug-likeness (QED) is 0.741. The highest BCUT2D eigenvalue weighted by Crippen LogP contribution is 2.25. The van der Waals surface area contributed by atoms with Crippen LogP contribution in [0.15, 0.2) is 18.2 Å². The van der Waals surface area contributed by atoms with Crippen molar-refractivity contribution in [2.75, 3.05) is 12.4 Å². The second-order valence-electron chi connectivity index (χ2n) is 2.66. The SMILES string of the molecule is CNC(=O)C(=O)Nc1cc(Cl)ccc1Cl. The van der Waals surface area contributed by atoms with Gasteiger partial charge >= 0.3 is 11.8 Å². The van der Waals surface area contributed by atoms with Gasteiger partial charge in [0.15, 0.2) is 0 Å². The summed E-state index contributed by atoms with van der Waals surface area (Å²) in [5, 5.41) is 5.27. The Morgan fingerprint density at radius 2 is 1.87 bits per heavy atom. The van der Waals surface area contributed by atoms with Gasteiger partial charge < -0.3 is 10.6 Å². The average molecular weight is 247 g/mol. The van der Waals surface area contributed by atoms with Gasteiger partial charge in [-0.15, -0.1) is 0 Å². The van der Waals surface area contributed by atoms with Crippen LogP contribution in [0.3, 0.4) is 0 Å². The van der Waals surface area contributed by atoms with Crippen LogP contribution in [-0.2, 0) is 9.59 Å². The Morgan fingerprint density at radius 3 is 2.47 bits per heavy atom. The smallest absolute Gasteiger partial charge is 0.313 e. The summed E-state index contributed by atoms with van der Waals surface area (Å²) in [6.07, 6.45) is 0. The maximum Gasteiger partial charge on any atom is 0.313 e. The number of carbonyl (C=O) groups is 2. The highest BCUT2D eigenvalue weighted by Gasteiger charge is 2.13. The van der Waals surface area contributed by atoms with E-state index in [2.05, 4.69) is 10.6 Å². The normalized spacial score (nSPS) is 9.53. The summed E-state index contributed by atoms with van der Waals surface area (Å²) in [7, 11) is 1.36. The third kappa shape index (κ3) is 3.11. The van der Waals surface area contributed by atoms with Gasteiger partial charge in [0.2, 0.25) is 0 Å². The standard InChI is InChI=1S/C9H8Cl2N2O2/c1-12-8(14)9(15)13-7-4-5(10)2-3-6(7)11/h2-4H,1H3,(H,12,14)(H,13,15). The molecular formula is C9H8Cl2N2O2. The first kappa shape index (κ1) is 11.8. The zero-order valence-electron chi connectivity index (χ0n) is 7.80. The molecule has 0 saturated carbocycles. The summed E-state index contributed by atoms with van der Waals surface area (Å²) in [6.45, 7) is 0. The molecule has 80 valence electrons. The molecule has 4 nitrogen and oxygen atoms in total. The molecule has 1 aromatic carbocycles. The van der Waals surface area contributed by atoms with E-state index in [0.717, 1.165) is 0 Å². The number of hydrogen-bond donors (Lipinski definition) is 2. The summed E-state index contributed by atoms with van der Waals surface area (Å²) in [5.74, 6) is -1.53. The lowest BCUT2D eigenvalue weighted by Crippen LogP contribution is -2.32. The van der Waals surface area contributed by atoms with Crippen LogP contribution < -0.4 is 10.6 Å². The Balaban J connectivity index is 2.85. The molecule has 1 aromatic rings. The molecule has 0 atom stereocenters. The maximum atomic E-state index is 11.2. The number of halogens is 2. The first-order valence-electron chi connectivity index (χ1n) is 4.02. The second kappa shape index (κ2) is 5.00. The molecule has 0 aliphatic rings. The van der Waals surface area contributed by atoms with E-state index in [4.69, 9.17) is 23.2 Å². The van der Waals surface area contributed by atoms with Crippen LogP contribution in [-0.4, -0.2) is 18.9 Å². The van der Waals surface area contributed by atoms with E-state index in [-0.39, 0.29) is 0 Å². The second-order valence-corrected chi connectivity index (χ2v) is 3.50. The molecule has 0 radical (unpaired) electrons. The van der Waals surface area contributed by atoms with Gasteiger partial charge in [0, 0.05) is 12.1 Å². The number of benzene rings is 1. The van der Waals surface area contributed by atoms with Crippen LogP contribution in [0.4, 0.5) is 5.69 Å². The van der Waals surface area contributed by atoms with Crippen molar-refractivity contribution in [1.29, 1.82) is 0 Å². The van der Waals surface area contributed by atoms with E-state index in [9.17, 15) is 9.59 Å².